The monoisotopic (exact) mass is 406 g/mol. The minimum absolute atomic E-state index is 0.222. The number of benzene rings is 2. The van der Waals surface area contributed by atoms with Gasteiger partial charge in [0, 0.05) is 31.6 Å². The standard InChI is InChI=1S/C23H26N4O3/c1-29-19-10-8-17(9-11-19)22-25-18(16-30-22)12-13-24-23(28)26-20-6-2-3-7-21(20)27-14-4-5-15-27/h2-3,6-11,16H,4-5,12-15H2,1H3,(H2,24,26,28). The van der Waals surface area contributed by atoms with Gasteiger partial charge in [0.2, 0.25) is 5.89 Å². The number of hydrogen-bond acceptors (Lipinski definition) is 5. The molecule has 1 aliphatic rings. The number of carbonyl (C=O) groups excluding carboxylic acids is 1. The molecule has 2 amide bonds. The number of aromatic nitrogens is 1. The predicted molar refractivity (Wildman–Crippen MR) is 117 cm³/mol. The van der Waals surface area contributed by atoms with Crippen LogP contribution in [0.5, 0.6) is 5.75 Å². The van der Waals surface area contributed by atoms with Crippen LogP contribution in [0.2, 0.25) is 0 Å². The van der Waals surface area contributed by atoms with Gasteiger partial charge in [-0.05, 0) is 49.2 Å². The highest BCUT2D eigenvalue weighted by Crippen LogP contribution is 2.28. The van der Waals surface area contributed by atoms with Gasteiger partial charge >= 0.3 is 6.03 Å². The van der Waals surface area contributed by atoms with Crippen LogP contribution >= 0.6 is 0 Å². The van der Waals surface area contributed by atoms with Gasteiger partial charge in [-0.25, -0.2) is 9.78 Å². The molecule has 1 fully saturated rings. The molecule has 0 aliphatic carbocycles. The number of nitrogens with one attached hydrogen (secondary N) is 2. The quantitative estimate of drug-likeness (QED) is 0.611. The number of ether oxygens (including phenoxy) is 1. The molecule has 1 aliphatic heterocycles. The minimum atomic E-state index is -0.222. The van der Waals surface area contributed by atoms with Crippen LogP contribution in [-0.2, 0) is 6.42 Å². The SMILES string of the molecule is COc1ccc(-c2nc(CCNC(=O)Nc3ccccc3N3CCCC3)co2)cc1. The summed E-state index contributed by atoms with van der Waals surface area (Å²) in [5.74, 6) is 1.34. The highest BCUT2D eigenvalue weighted by Gasteiger charge is 2.16. The van der Waals surface area contributed by atoms with E-state index in [-0.39, 0.29) is 6.03 Å². The summed E-state index contributed by atoms with van der Waals surface area (Å²) in [5, 5.41) is 5.86. The van der Waals surface area contributed by atoms with Crippen molar-refractivity contribution in [2.45, 2.75) is 19.3 Å². The van der Waals surface area contributed by atoms with Crippen LogP contribution in [0.1, 0.15) is 18.5 Å². The van der Waals surface area contributed by atoms with Crippen molar-refractivity contribution >= 4 is 17.4 Å². The maximum atomic E-state index is 12.4. The smallest absolute Gasteiger partial charge is 0.319 e. The van der Waals surface area contributed by atoms with Crippen LogP contribution in [0.15, 0.2) is 59.2 Å². The molecule has 7 heteroatoms. The zero-order valence-corrected chi connectivity index (χ0v) is 17.1. The number of amides is 2. The Morgan fingerprint density at radius 2 is 1.90 bits per heavy atom. The van der Waals surface area contributed by atoms with Gasteiger partial charge in [0.05, 0.1) is 24.2 Å². The molecule has 0 bridgehead atoms. The van der Waals surface area contributed by atoms with E-state index in [9.17, 15) is 4.79 Å². The third kappa shape index (κ3) is 4.74. The normalized spacial score (nSPS) is 13.3. The largest absolute Gasteiger partial charge is 0.497 e. The lowest BCUT2D eigenvalue weighted by atomic mass is 10.2. The molecule has 7 nitrogen and oxygen atoms in total. The number of para-hydroxylation sites is 2. The Hall–Kier alpha value is -3.48. The second-order valence-electron chi connectivity index (χ2n) is 7.21. The molecule has 0 radical (unpaired) electrons. The molecule has 1 saturated heterocycles. The number of carbonyl (C=O) groups is 1. The van der Waals surface area contributed by atoms with Crippen LogP contribution in [0, 0.1) is 0 Å². The molecule has 0 unspecified atom stereocenters. The van der Waals surface area contributed by atoms with Crippen molar-refractivity contribution < 1.29 is 13.9 Å². The van der Waals surface area contributed by atoms with Crippen molar-refractivity contribution in [1.29, 1.82) is 0 Å². The fourth-order valence-electron chi connectivity index (χ4n) is 3.57. The molecule has 1 aromatic heterocycles. The van der Waals surface area contributed by atoms with Gasteiger partial charge in [0.1, 0.15) is 12.0 Å². The second-order valence-corrected chi connectivity index (χ2v) is 7.21. The molecule has 30 heavy (non-hydrogen) atoms. The molecule has 2 heterocycles. The highest BCUT2D eigenvalue weighted by molar-refractivity contribution is 5.93. The number of urea groups is 1. The number of methoxy groups -OCH3 is 1. The second kappa shape index (κ2) is 9.35. The van der Waals surface area contributed by atoms with Gasteiger partial charge in [-0.2, -0.15) is 0 Å². The lowest BCUT2D eigenvalue weighted by Crippen LogP contribution is -2.31. The van der Waals surface area contributed by atoms with Gasteiger partial charge in [0.15, 0.2) is 0 Å². The predicted octanol–water partition coefficient (Wildman–Crippen LogP) is 4.31. The van der Waals surface area contributed by atoms with E-state index in [1.54, 1.807) is 13.4 Å². The number of nitrogens with zero attached hydrogens (tertiary/aromatic N) is 2. The van der Waals surface area contributed by atoms with Crippen LogP contribution in [-0.4, -0.2) is 37.8 Å². The van der Waals surface area contributed by atoms with Gasteiger partial charge in [0.25, 0.3) is 0 Å². The van der Waals surface area contributed by atoms with E-state index >= 15 is 0 Å². The molecule has 2 aromatic carbocycles. The summed E-state index contributed by atoms with van der Waals surface area (Å²) >= 11 is 0. The average molecular weight is 406 g/mol. The Balaban J connectivity index is 1.29. The molecule has 0 spiro atoms. The van der Waals surface area contributed by atoms with Gasteiger partial charge in [-0.1, -0.05) is 12.1 Å². The number of hydrogen-bond donors (Lipinski definition) is 2. The molecule has 3 aromatic rings. The first-order chi connectivity index (χ1) is 14.7. The van der Waals surface area contributed by atoms with E-state index in [1.807, 2.05) is 42.5 Å². The van der Waals surface area contributed by atoms with E-state index in [0.717, 1.165) is 41.5 Å². The van der Waals surface area contributed by atoms with Crippen LogP contribution in [0.25, 0.3) is 11.5 Å². The zero-order valence-electron chi connectivity index (χ0n) is 17.1. The minimum Gasteiger partial charge on any atom is -0.497 e. The maximum absolute atomic E-state index is 12.4. The van der Waals surface area contributed by atoms with E-state index < -0.39 is 0 Å². The first-order valence-corrected chi connectivity index (χ1v) is 10.2. The van der Waals surface area contributed by atoms with Crippen LogP contribution in [0.3, 0.4) is 0 Å². The Labute approximate surface area is 176 Å². The number of anilines is 2. The number of rotatable bonds is 7. The highest BCUT2D eigenvalue weighted by atomic mass is 16.5. The molecular weight excluding hydrogens is 380 g/mol. The summed E-state index contributed by atoms with van der Waals surface area (Å²) in [6.45, 7) is 2.53. The maximum Gasteiger partial charge on any atom is 0.319 e. The lowest BCUT2D eigenvalue weighted by molar-refractivity contribution is 0.252. The zero-order chi connectivity index (χ0) is 20.8. The van der Waals surface area contributed by atoms with E-state index in [2.05, 4.69) is 26.6 Å². The van der Waals surface area contributed by atoms with Crippen molar-refractivity contribution in [2.75, 3.05) is 37.0 Å². The van der Waals surface area contributed by atoms with Crippen LogP contribution in [0.4, 0.5) is 16.2 Å². The number of oxazole rings is 1. The van der Waals surface area contributed by atoms with Crippen molar-refractivity contribution in [3.05, 3.63) is 60.5 Å². The van der Waals surface area contributed by atoms with Gasteiger partial charge < -0.3 is 24.7 Å². The van der Waals surface area contributed by atoms with Gasteiger partial charge in [-0.15, -0.1) is 0 Å². The summed E-state index contributed by atoms with van der Waals surface area (Å²) in [5.41, 5.74) is 3.58. The van der Waals surface area contributed by atoms with Crippen molar-refractivity contribution in [1.82, 2.24) is 10.3 Å². The summed E-state index contributed by atoms with van der Waals surface area (Å²) in [6.07, 6.45) is 4.59. The topological polar surface area (TPSA) is 79.6 Å². The Morgan fingerprint density at radius 3 is 2.67 bits per heavy atom. The lowest BCUT2D eigenvalue weighted by Gasteiger charge is -2.21. The molecule has 4 rings (SSSR count). The fourth-order valence-corrected chi connectivity index (χ4v) is 3.57. The summed E-state index contributed by atoms with van der Waals surface area (Å²) < 4.78 is 10.7. The summed E-state index contributed by atoms with van der Waals surface area (Å²) in [4.78, 5) is 19.2. The Kier molecular flexibility index (Phi) is 6.17. The fraction of sp³-hybridized carbons (Fsp3) is 0.304. The van der Waals surface area contributed by atoms with Crippen LogP contribution < -0.4 is 20.3 Å². The first-order valence-electron chi connectivity index (χ1n) is 10.2. The summed E-state index contributed by atoms with van der Waals surface area (Å²) in [6, 6.07) is 15.2. The first kappa shape index (κ1) is 19.8. The van der Waals surface area contributed by atoms with Gasteiger partial charge in [-0.3, -0.25) is 0 Å². The van der Waals surface area contributed by atoms with E-state index in [4.69, 9.17) is 9.15 Å². The third-order valence-electron chi connectivity index (χ3n) is 5.15. The molecule has 2 N–H and O–H groups in total. The molecular formula is C23H26N4O3. The molecule has 0 atom stereocenters. The van der Waals surface area contributed by atoms with E-state index in [1.165, 1.54) is 12.8 Å². The van der Waals surface area contributed by atoms with E-state index in [0.29, 0.717) is 18.9 Å². The van der Waals surface area contributed by atoms with Crippen molar-refractivity contribution in [2.24, 2.45) is 0 Å². The molecule has 0 saturated carbocycles. The van der Waals surface area contributed by atoms with Crippen molar-refractivity contribution in [3.8, 4) is 17.2 Å². The van der Waals surface area contributed by atoms with Crippen molar-refractivity contribution in [3.63, 3.8) is 0 Å². The Bertz CT molecular complexity index is 978. The molecule has 156 valence electrons. The Morgan fingerprint density at radius 1 is 1.13 bits per heavy atom. The summed E-state index contributed by atoms with van der Waals surface area (Å²) in [7, 11) is 1.63. The third-order valence-corrected chi connectivity index (χ3v) is 5.15. The average Bonchev–Trinajstić information content (AvgIpc) is 3.47.